The SMILES string of the molecule is CSc1nnc(CO)n1C1CC1. The van der Waals surface area contributed by atoms with Gasteiger partial charge in [0.1, 0.15) is 6.61 Å². The summed E-state index contributed by atoms with van der Waals surface area (Å²) < 4.78 is 2.05. The summed E-state index contributed by atoms with van der Waals surface area (Å²) in [5.41, 5.74) is 0. The van der Waals surface area contributed by atoms with Gasteiger partial charge in [0, 0.05) is 6.04 Å². The fraction of sp³-hybridized carbons (Fsp3) is 0.714. The van der Waals surface area contributed by atoms with Crippen molar-refractivity contribution >= 4 is 11.8 Å². The van der Waals surface area contributed by atoms with Gasteiger partial charge in [0.05, 0.1) is 0 Å². The quantitative estimate of drug-likeness (QED) is 0.708. The Hall–Kier alpha value is -0.550. The number of aromatic nitrogens is 3. The Balaban J connectivity index is 2.36. The van der Waals surface area contributed by atoms with E-state index in [2.05, 4.69) is 10.2 Å². The number of hydrogen-bond acceptors (Lipinski definition) is 4. The minimum absolute atomic E-state index is 0.00986. The average Bonchev–Trinajstić information content (AvgIpc) is 2.85. The minimum Gasteiger partial charge on any atom is -0.388 e. The van der Waals surface area contributed by atoms with Crippen molar-refractivity contribution < 1.29 is 5.11 Å². The van der Waals surface area contributed by atoms with Crippen LogP contribution in [0.3, 0.4) is 0 Å². The van der Waals surface area contributed by atoms with Crippen molar-refractivity contribution in [1.82, 2.24) is 14.8 Å². The number of nitrogens with zero attached hydrogens (tertiary/aromatic N) is 3. The molecule has 0 atom stereocenters. The van der Waals surface area contributed by atoms with Crippen molar-refractivity contribution in [2.75, 3.05) is 6.26 Å². The van der Waals surface area contributed by atoms with Crippen molar-refractivity contribution in [3.05, 3.63) is 5.82 Å². The van der Waals surface area contributed by atoms with Crippen LogP contribution >= 0.6 is 11.8 Å². The first-order valence-corrected chi connectivity index (χ1v) is 5.18. The summed E-state index contributed by atoms with van der Waals surface area (Å²) in [5.74, 6) is 0.696. The number of rotatable bonds is 3. The van der Waals surface area contributed by atoms with Crippen molar-refractivity contribution in [2.24, 2.45) is 0 Å². The smallest absolute Gasteiger partial charge is 0.191 e. The molecule has 4 nitrogen and oxygen atoms in total. The van der Waals surface area contributed by atoms with Crippen molar-refractivity contribution in [3.63, 3.8) is 0 Å². The Kier molecular flexibility index (Phi) is 2.06. The Morgan fingerprint density at radius 1 is 1.58 bits per heavy atom. The molecule has 1 heterocycles. The fourth-order valence-electron chi connectivity index (χ4n) is 1.25. The molecule has 1 aliphatic rings. The van der Waals surface area contributed by atoms with Gasteiger partial charge in [-0.2, -0.15) is 0 Å². The summed E-state index contributed by atoms with van der Waals surface area (Å²) in [6, 6.07) is 0.546. The molecule has 5 heteroatoms. The second-order valence-corrected chi connectivity index (χ2v) is 3.64. The average molecular weight is 185 g/mol. The molecule has 1 saturated carbocycles. The summed E-state index contributed by atoms with van der Waals surface area (Å²) in [5, 5.41) is 17.8. The van der Waals surface area contributed by atoms with Gasteiger partial charge in [0.2, 0.25) is 0 Å². The predicted octanol–water partition coefficient (Wildman–Crippen LogP) is 0.827. The molecule has 1 fully saturated rings. The van der Waals surface area contributed by atoms with Crippen molar-refractivity contribution in [2.45, 2.75) is 30.6 Å². The van der Waals surface area contributed by atoms with Gasteiger partial charge in [0.25, 0.3) is 0 Å². The standard InChI is InChI=1S/C7H11N3OS/c1-12-7-9-8-6(4-11)10(7)5-2-3-5/h5,11H,2-4H2,1H3. The van der Waals surface area contributed by atoms with E-state index >= 15 is 0 Å². The van der Waals surface area contributed by atoms with E-state index in [9.17, 15) is 0 Å². The molecule has 66 valence electrons. The molecule has 0 spiro atoms. The van der Waals surface area contributed by atoms with E-state index < -0.39 is 0 Å². The van der Waals surface area contributed by atoms with Crippen LogP contribution in [0.5, 0.6) is 0 Å². The van der Waals surface area contributed by atoms with Crippen LogP contribution in [0.4, 0.5) is 0 Å². The molecule has 1 aliphatic carbocycles. The molecule has 2 rings (SSSR count). The monoisotopic (exact) mass is 185 g/mol. The van der Waals surface area contributed by atoms with E-state index in [0.29, 0.717) is 11.9 Å². The largest absolute Gasteiger partial charge is 0.388 e. The molecule has 0 aliphatic heterocycles. The zero-order chi connectivity index (χ0) is 8.55. The third-order valence-electron chi connectivity index (χ3n) is 1.97. The van der Waals surface area contributed by atoms with Crippen molar-refractivity contribution in [3.8, 4) is 0 Å². The first kappa shape index (κ1) is 8.07. The number of aliphatic hydroxyl groups excluding tert-OH is 1. The normalized spacial score (nSPS) is 16.8. The van der Waals surface area contributed by atoms with E-state index in [1.807, 2.05) is 10.8 Å². The fourth-order valence-corrected chi connectivity index (χ4v) is 1.83. The Morgan fingerprint density at radius 3 is 2.83 bits per heavy atom. The summed E-state index contributed by atoms with van der Waals surface area (Å²) in [6.45, 7) is -0.00986. The maximum atomic E-state index is 8.97. The lowest BCUT2D eigenvalue weighted by Crippen LogP contribution is -2.02. The molecule has 1 aromatic heterocycles. The maximum absolute atomic E-state index is 8.97. The van der Waals surface area contributed by atoms with Crippen LogP contribution in [0.25, 0.3) is 0 Å². The predicted molar refractivity (Wildman–Crippen MR) is 46.0 cm³/mol. The molecule has 0 saturated heterocycles. The number of thioether (sulfide) groups is 1. The van der Waals surface area contributed by atoms with Crippen LogP contribution in [0, 0.1) is 0 Å². The van der Waals surface area contributed by atoms with Crippen LogP contribution in [0.1, 0.15) is 24.7 Å². The molecule has 0 aromatic carbocycles. The van der Waals surface area contributed by atoms with Gasteiger partial charge in [0.15, 0.2) is 11.0 Å². The van der Waals surface area contributed by atoms with Gasteiger partial charge < -0.3 is 9.67 Å². The molecule has 0 radical (unpaired) electrons. The highest BCUT2D eigenvalue weighted by atomic mass is 32.2. The highest BCUT2D eigenvalue weighted by Crippen LogP contribution is 2.38. The van der Waals surface area contributed by atoms with Gasteiger partial charge in [-0.05, 0) is 19.1 Å². The highest BCUT2D eigenvalue weighted by molar-refractivity contribution is 7.98. The molecule has 0 unspecified atom stereocenters. The van der Waals surface area contributed by atoms with E-state index in [4.69, 9.17) is 5.11 Å². The third kappa shape index (κ3) is 1.23. The van der Waals surface area contributed by atoms with Crippen LogP contribution in [0.2, 0.25) is 0 Å². The Labute approximate surface area is 75.0 Å². The molecule has 0 amide bonds. The van der Waals surface area contributed by atoms with E-state index in [1.54, 1.807) is 11.8 Å². The second kappa shape index (κ2) is 3.06. The van der Waals surface area contributed by atoms with Crippen LogP contribution in [0.15, 0.2) is 5.16 Å². The number of aliphatic hydroxyl groups is 1. The van der Waals surface area contributed by atoms with Gasteiger partial charge in [-0.3, -0.25) is 0 Å². The lowest BCUT2D eigenvalue weighted by molar-refractivity contribution is 0.263. The second-order valence-electron chi connectivity index (χ2n) is 2.86. The molecule has 1 aromatic rings. The summed E-state index contributed by atoms with van der Waals surface area (Å²) in [7, 11) is 0. The van der Waals surface area contributed by atoms with Crippen LogP contribution < -0.4 is 0 Å². The van der Waals surface area contributed by atoms with E-state index in [-0.39, 0.29) is 6.61 Å². The molecule has 12 heavy (non-hydrogen) atoms. The van der Waals surface area contributed by atoms with Crippen molar-refractivity contribution in [1.29, 1.82) is 0 Å². The van der Waals surface area contributed by atoms with Gasteiger partial charge in [-0.25, -0.2) is 0 Å². The minimum atomic E-state index is -0.00986. The van der Waals surface area contributed by atoms with Gasteiger partial charge in [-0.1, -0.05) is 11.8 Å². The summed E-state index contributed by atoms with van der Waals surface area (Å²) in [6.07, 6.45) is 4.36. The summed E-state index contributed by atoms with van der Waals surface area (Å²) >= 11 is 1.58. The zero-order valence-corrected chi connectivity index (χ0v) is 7.71. The lowest BCUT2D eigenvalue weighted by atomic mass is 10.6. The first-order valence-electron chi connectivity index (χ1n) is 3.95. The molecule has 1 N–H and O–H groups in total. The molecule has 0 bridgehead atoms. The zero-order valence-electron chi connectivity index (χ0n) is 6.90. The molecular formula is C7H11N3OS. The lowest BCUT2D eigenvalue weighted by Gasteiger charge is -2.04. The van der Waals surface area contributed by atoms with E-state index in [0.717, 1.165) is 5.16 Å². The van der Waals surface area contributed by atoms with Crippen LogP contribution in [-0.2, 0) is 6.61 Å². The molecular weight excluding hydrogens is 174 g/mol. The maximum Gasteiger partial charge on any atom is 0.191 e. The highest BCUT2D eigenvalue weighted by Gasteiger charge is 2.28. The van der Waals surface area contributed by atoms with E-state index in [1.165, 1.54) is 12.8 Å². The van der Waals surface area contributed by atoms with Gasteiger partial charge in [-0.15, -0.1) is 10.2 Å². The van der Waals surface area contributed by atoms with Gasteiger partial charge >= 0.3 is 0 Å². The van der Waals surface area contributed by atoms with Crippen LogP contribution in [-0.4, -0.2) is 26.1 Å². The topological polar surface area (TPSA) is 50.9 Å². The number of hydrogen-bond donors (Lipinski definition) is 1. The third-order valence-corrected chi connectivity index (χ3v) is 2.61. The first-order chi connectivity index (χ1) is 5.86. The summed E-state index contributed by atoms with van der Waals surface area (Å²) in [4.78, 5) is 0. The Bertz CT molecular complexity index is 261. The Morgan fingerprint density at radius 2 is 2.33 bits per heavy atom.